The standard InChI is InChI=1S/C21H27N3O2S/c1-21(2,3)8-4-15-12-17(19(27-15)20(25)26)18-13-23-9-5-16(18)14-6-10-24(22)11-7-14/h6,12,23H,5,7,9-11,13,22H2,1-3H3,(H,25,26). The first kappa shape index (κ1) is 19.8. The van der Waals surface area contributed by atoms with Gasteiger partial charge in [-0.2, -0.15) is 0 Å². The summed E-state index contributed by atoms with van der Waals surface area (Å²) >= 11 is 1.27. The first-order valence-electron chi connectivity index (χ1n) is 9.27. The summed E-state index contributed by atoms with van der Waals surface area (Å²) in [4.78, 5) is 13.1. The number of nitrogens with one attached hydrogen (secondary N) is 1. The fourth-order valence-electron chi connectivity index (χ4n) is 3.34. The fourth-order valence-corrected chi connectivity index (χ4v) is 4.22. The van der Waals surface area contributed by atoms with Crippen molar-refractivity contribution in [1.82, 2.24) is 10.3 Å². The molecule has 0 radical (unpaired) electrons. The van der Waals surface area contributed by atoms with Crippen LogP contribution in [0.5, 0.6) is 0 Å². The van der Waals surface area contributed by atoms with E-state index in [1.165, 1.54) is 22.5 Å². The summed E-state index contributed by atoms with van der Waals surface area (Å²) in [5.41, 5.74) is 4.36. The third kappa shape index (κ3) is 4.88. The summed E-state index contributed by atoms with van der Waals surface area (Å²) in [6.45, 7) is 9.30. The summed E-state index contributed by atoms with van der Waals surface area (Å²) in [6.07, 6.45) is 3.99. The Morgan fingerprint density at radius 3 is 2.74 bits per heavy atom. The van der Waals surface area contributed by atoms with Crippen LogP contribution < -0.4 is 11.2 Å². The number of hydrogen-bond acceptors (Lipinski definition) is 5. The minimum absolute atomic E-state index is 0.120. The number of carbonyl (C=O) groups is 1. The molecule has 144 valence electrons. The van der Waals surface area contributed by atoms with Crippen LogP contribution in [0.3, 0.4) is 0 Å². The van der Waals surface area contributed by atoms with E-state index in [-0.39, 0.29) is 5.41 Å². The lowest BCUT2D eigenvalue weighted by atomic mass is 9.87. The van der Waals surface area contributed by atoms with Gasteiger partial charge in [-0.15, -0.1) is 11.3 Å². The SMILES string of the molecule is CC(C)(C)C#Cc1cc(C2=C(C3=CCN(N)CC3)CCNC2)c(C(=O)O)s1. The molecule has 0 fully saturated rings. The van der Waals surface area contributed by atoms with E-state index in [1.807, 2.05) is 6.07 Å². The Bertz CT molecular complexity index is 862. The van der Waals surface area contributed by atoms with Gasteiger partial charge in [-0.05, 0) is 62.9 Å². The smallest absolute Gasteiger partial charge is 0.346 e. The highest BCUT2D eigenvalue weighted by molar-refractivity contribution is 7.14. The second-order valence-electron chi connectivity index (χ2n) is 8.02. The Balaban J connectivity index is 2.07. The highest BCUT2D eigenvalue weighted by Gasteiger charge is 2.25. The van der Waals surface area contributed by atoms with Gasteiger partial charge >= 0.3 is 5.97 Å². The highest BCUT2D eigenvalue weighted by atomic mass is 32.1. The molecule has 0 spiro atoms. The molecular weight excluding hydrogens is 358 g/mol. The monoisotopic (exact) mass is 385 g/mol. The molecule has 2 aliphatic rings. The first-order valence-corrected chi connectivity index (χ1v) is 10.1. The predicted octanol–water partition coefficient (Wildman–Crippen LogP) is 3.10. The van der Waals surface area contributed by atoms with E-state index in [2.05, 4.69) is 44.0 Å². The molecule has 2 aliphatic heterocycles. The van der Waals surface area contributed by atoms with Crippen molar-refractivity contribution in [3.63, 3.8) is 0 Å². The van der Waals surface area contributed by atoms with E-state index in [4.69, 9.17) is 5.84 Å². The van der Waals surface area contributed by atoms with Crippen LogP contribution in [0.4, 0.5) is 0 Å². The zero-order valence-electron chi connectivity index (χ0n) is 16.2. The van der Waals surface area contributed by atoms with E-state index in [0.29, 0.717) is 11.4 Å². The Labute approximate surface area is 164 Å². The van der Waals surface area contributed by atoms with Crippen molar-refractivity contribution >= 4 is 22.9 Å². The van der Waals surface area contributed by atoms with Gasteiger partial charge < -0.3 is 10.4 Å². The molecule has 0 amide bonds. The number of carboxylic acid groups (broad SMARTS) is 1. The lowest BCUT2D eigenvalue weighted by molar-refractivity contribution is 0.0702. The van der Waals surface area contributed by atoms with Crippen molar-refractivity contribution in [3.8, 4) is 11.8 Å². The van der Waals surface area contributed by atoms with Gasteiger partial charge in [0.05, 0.1) is 4.88 Å². The van der Waals surface area contributed by atoms with Crippen LogP contribution in [-0.4, -0.2) is 42.3 Å². The topological polar surface area (TPSA) is 78.6 Å². The van der Waals surface area contributed by atoms with Crippen LogP contribution in [0, 0.1) is 17.3 Å². The molecule has 1 aromatic rings. The molecule has 0 unspecified atom stereocenters. The molecule has 0 bridgehead atoms. The Morgan fingerprint density at radius 2 is 2.11 bits per heavy atom. The number of hydrogen-bond donors (Lipinski definition) is 3. The number of thiophene rings is 1. The zero-order valence-corrected chi connectivity index (χ0v) is 17.0. The second kappa shape index (κ2) is 7.99. The summed E-state index contributed by atoms with van der Waals surface area (Å²) in [6, 6.07) is 1.95. The van der Waals surface area contributed by atoms with Gasteiger partial charge in [0, 0.05) is 30.6 Å². The van der Waals surface area contributed by atoms with Gasteiger partial charge in [0.1, 0.15) is 4.88 Å². The van der Waals surface area contributed by atoms with E-state index >= 15 is 0 Å². The van der Waals surface area contributed by atoms with Gasteiger partial charge in [0.2, 0.25) is 0 Å². The first-order chi connectivity index (χ1) is 12.7. The molecule has 3 rings (SSSR count). The quantitative estimate of drug-likeness (QED) is 0.550. The molecule has 5 nitrogen and oxygen atoms in total. The van der Waals surface area contributed by atoms with E-state index in [1.54, 1.807) is 5.01 Å². The molecule has 0 atom stereocenters. The van der Waals surface area contributed by atoms with Crippen LogP contribution in [0.15, 0.2) is 23.3 Å². The maximum Gasteiger partial charge on any atom is 0.346 e. The van der Waals surface area contributed by atoms with Gasteiger partial charge in [-0.25, -0.2) is 9.80 Å². The lowest BCUT2D eigenvalue weighted by Crippen LogP contribution is -2.36. The van der Waals surface area contributed by atoms with Crippen molar-refractivity contribution in [2.45, 2.75) is 33.6 Å². The summed E-state index contributed by atoms with van der Waals surface area (Å²) in [7, 11) is 0. The van der Waals surface area contributed by atoms with Gasteiger partial charge in [0.25, 0.3) is 0 Å². The molecule has 6 heteroatoms. The second-order valence-corrected chi connectivity index (χ2v) is 9.07. The fraction of sp³-hybridized carbons (Fsp3) is 0.476. The number of nitrogens with zero attached hydrogens (tertiary/aromatic N) is 1. The highest BCUT2D eigenvalue weighted by Crippen LogP contribution is 2.36. The molecule has 27 heavy (non-hydrogen) atoms. The van der Waals surface area contributed by atoms with Crippen molar-refractivity contribution in [1.29, 1.82) is 0 Å². The molecular formula is C21H27N3O2S. The normalized spacial score (nSPS) is 18.7. The van der Waals surface area contributed by atoms with Crippen molar-refractivity contribution in [2.75, 3.05) is 26.2 Å². The van der Waals surface area contributed by atoms with Crippen molar-refractivity contribution in [3.05, 3.63) is 38.6 Å². The number of carboxylic acids is 1. The van der Waals surface area contributed by atoms with Gasteiger partial charge in [-0.3, -0.25) is 5.84 Å². The average molecular weight is 386 g/mol. The molecule has 3 heterocycles. The van der Waals surface area contributed by atoms with Crippen molar-refractivity contribution < 1.29 is 9.90 Å². The van der Waals surface area contributed by atoms with Gasteiger partial charge in [0.15, 0.2) is 0 Å². The Morgan fingerprint density at radius 1 is 1.33 bits per heavy atom. The lowest BCUT2D eigenvalue weighted by Gasteiger charge is -2.28. The number of rotatable bonds is 3. The van der Waals surface area contributed by atoms with Crippen LogP contribution in [0.25, 0.3) is 5.57 Å². The molecule has 4 N–H and O–H groups in total. The number of aromatic carboxylic acids is 1. The summed E-state index contributed by atoms with van der Waals surface area (Å²) < 4.78 is 0. The van der Waals surface area contributed by atoms with Crippen molar-refractivity contribution in [2.24, 2.45) is 11.3 Å². The number of nitrogens with two attached hydrogens (primary N) is 1. The maximum atomic E-state index is 11.9. The Hall–Kier alpha value is -1.91. The van der Waals surface area contributed by atoms with Crippen LogP contribution in [0.1, 0.15) is 53.7 Å². The summed E-state index contributed by atoms with van der Waals surface area (Å²) in [5.74, 6) is 11.4. The molecule has 0 aromatic carbocycles. The summed E-state index contributed by atoms with van der Waals surface area (Å²) in [5, 5.41) is 15.0. The minimum atomic E-state index is -0.887. The largest absolute Gasteiger partial charge is 0.477 e. The Kier molecular flexibility index (Phi) is 5.87. The zero-order chi connectivity index (χ0) is 19.6. The van der Waals surface area contributed by atoms with Crippen LogP contribution in [-0.2, 0) is 0 Å². The third-order valence-corrected chi connectivity index (χ3v) is 5.70. The molecule has 1 aromatic heterocycles. The maximum absolute atomic E-state index is 11.9. The van der Waals surface area contributed by atoms with E-state index in [0.717, 1.165) is 48.5 Å². The predicted molar refractivity (Wildman–Crippen MR) is 110 cm³/mol. The minimum Gasteiger partial charge on any atom is -0.477 e. The van der Waals surface area contributed by atoms with Gasteiger partial charge in [-0.1, -0.05) is 17.9 Å². The van der Waals surface area contributed by atoms with Crippen LogP contribution >= 0.6 is 11.3 Å². The molecule has 0 saturated carbocycles. The van der Waals surface area contributed by atoms with E-state index in [9.17, 15) is 9.90 Å². The average Bonchev–Trinajstić information content (AvgIpc) is 3.05. The third-order valence-electron chi connectivity index (χ3n) is 4.66. The van der Waals surface area contributed by atoms with Crippen LogP contribution in [0.2, 0.25) is 0 Å². The van der Waals surface area contributed by atoms with E-state index < -0.39 is 5.97 Å². The molecule has 0 aliphatic carbocycles. The molecule has 0 saturated heterocycles. The number of hydrazine groups is 1.